The minimum Gasteiger partial charge on any atom is -0.187 e. The maximum Gasteiger partial charge on any atom is 0.214 e. The van der Waals surface area contributed by atoms with Gasteiger partial charge in [0.05, 0.1) is 5.69 Å². The molecule has 3 unspecified atom stereocenters. The summed E-state index contributed by atoms with van der Waals surface area (Å²) < 4.78 is 1.85. The molecule has 5 rings (SSSR count). The summed E-state index contributed by atoms with van der Waals surface area (Å²) in [5.41, 5.74) is 2.22. The Morgan fingerprint density at radius 3 is 2.63 bits per heavy atom. The van der Waals surface area contributed by atoms with Gasteiger partial charge in [0.1, 0.15) is 0 Å². The van der Waals surface area contributed by atoms with Crippen LogP contribution < -0.4 is 0 Å². The van der Waals surface area contributed by atoms with Crippen molar-refractivity contribution in [1.29, 1.82) is 0 Å². The van der Waals surface area contributed by atoms with E-state index in [1.54, 1.807) is 11.8 Å². The van der Waals surface area contributed by atoms with Crippen molar-refractivity contribution < 1.29 is 0 Å². The van der Waals surface area contributed by atoms with Gasteiger partial charge < -0.3 is 0 Å². The first kappa shape index (κ1) is 16.8. The molecule has 4 nitrogen and oxygen atoms in total. The van der Waals surface area contributed by atoms with E-state index in [1.807, 2.05) is 41.1 Å². The number of hydrogen-bond donors (Lipinski definition) is 0. The second-order valence-corrected chi connectivity index (χ2v) is 8.41. The molecule has 1 aliphatic carbocycles. The number of fused-ring (bicyclic) bond motifs is 1. The molecule has 0 bridgehead atoms. The molecule has 134 valence electrons. The predicted octanol–water partition coefficient (Wildman–Crippen LogP) is 5.36. The molecule has 1 fully saturated rings. The Balaban J connectivity index is 1.47. The first-order chi connectivity index (χ1) is 13.2. The lowest BCUT2D eigenvalue weighted by Crippen LogP contribution is -2.01. The van der Waals surface area contributed by atoms with Gasteiger partial charge in [-0.2, -0.15) is 4.68 Å². The Labute approximate surface area is 166 Å². The van der Waals surface area contributed by atoms with Crippen LogP contribution in [0.15, 0.2) is 71.9 Å². The fourth-order valence-electron chi connectivity index (χ4n) is 3.73. The Hall–Kier alpha value is -2.37. The molecule has 1 aromatic heterocycles. The van der Waals surface area contributed by atoms with E-state index in [-0.39, 0.29) is 0 Å². The SMILES string of the molecule is CC1C(Sc2nnnn2-c2cccc3ccccc23)C1c1ccccc1Cl. The smallest absolute Gasteiger partial charge is 0.187 e. The van der Waals surface area contributed by atoms with Gasteiger partial charge in [-0.15, -0.1) is 5.10 Å². The monoisotopic (exact) mass is 392 g/mol. The fourth-order valence-corrected chi connectivity index (χ4v) is 5.39. The maximum atomic E-state index is 6.41. The molecule has 0 N–H and O–H groups in total. The highest BCUT2D eigenvalue weighted by molar-refractivity contribution is 8.00. The normalized spacial score (nSPS) is 21.5. The van der Waals surface area contributed by atoms with Gasteiger partial charge >= 0.3 is 0 Å². The van der Waals surface area contributed by atoms with E-state index in [9.17, 15) is 0 Å². The molecule has 27 heavy (non-hydrogen) atoms. The number of thioether (sulfide) groups is 1. The summed E-state index contributed by atoms with van der Waals surface area (Å²) in [6, 6.07) is 22.6. The van der Waals surface area contributed by atoms with E-state index < -0.39 is 0 Å². The number of hydrogen-bond acceptors (Lipinski definition) is 4. The second kappa shape index (κ2) is 6.66. The predicted molar refractivity (Wildman–Crippen MR) is 110 cm³/mol. The van der Waals surface area contributed by atoms with E-state index >= 15 is 0 Å². The van der Waals surface area contributed by atoms with E-state index in [0.717, 1.165) is 21.3 Å². The minimum absolute atomic E-state index is 0.421. The van der Waals surface area contributed by atoms with Crippen LogP contribution in [-0.2, 0) is 0 Å². The highest BCUT2D eigenvalue weighted by Gasteiger charge is 2.49. The second-order valence-electron chi connectivity index (χ2n) is 6.86. The molecule has 0 aliphatic heterocycles. The Morgan fingerprint density at radius 1 is 0.963 bits per heavy atom. The van der Waals surface area contributed by atoms with E-state index in [0.29, 0.717) is 17.1 Å². The van der Waals surface area contributed by atoms with E-state index in [4.69, 9.17) is 11.6 Å². The van der Waals surface area contributed by atoms with Gasteiger partial charge in [0.15, 0.2) is 0 Å². The van der Waals surface area contributed by atoms with Crippen LogP contribution >= 0.6 is 23.4 Å². The summed E-state index contributed by atoms with van der Waals surface area (Å²) in [5, 5.41) is 16.9. The summed E-state index contributed by atoms with van der Waals surface area (Å²) in [6.45, 7) is 2.26. The molecule has 3 aromatic carbocycles. The van der Waals surface area contributed by atoms with Crippen molar-refractivity contribution in [2.24, 2.45) is 5.92 Å². The molecule has 4 aromatic rings. The van der Waals surface area contributed by atoms with Crippen LogP contribution in [0.2, 0.25) is 5.02 Å². The summed E-state index contributed by atoms with van der Waals surface area (Å²) in [5.74, 6) is 0.967. The number of aromatic nitrogens is 4. The van der Waals surface area contributed by atoms with Crippen molar-refractivity contribution in [2.45, 2.75) is 23.2 Å². The number of halogens is 1. The first-order valence-corrected chi connectivity index (χ1v) is 10.2. The van der Waals surface area contributed by atoms with Crippen molar-refractivity contribution in [3.05, 3.63) is 77.3 Å². The largest absolute Gasteiger partial charge is 0.214 e. The van der Waals surface area contributed by atoms with Crippen LogP contribution in [0.4, 0.5) is 0 Å². The van der Waals surface area contributed by atoms with E-state index in [2.05, 4.69) is 52.8 Å². The molecule has 0 radical (unpaired) electrons. The van der Waals surface area contributed by atoms with Crippen LogP contribution in [0.1, 0.15) is 18.4 Å². The molecule has 6 heteroatoms. The zero-order chi connectivity index (χ0) is 18.4. The Morgan fingerprint density at radius 2 is 1.74 bits per heavy atom. The molecule has 1 saturated carbocycles. The Bertz CT molecular complexity index is 1120. The number of benzene rings is 3. The van der Waals surface area contributed by atoms with Crippen LogP contribution in [0.3, 0.4) is 0 Å². The van der Waals surface area contributed by atoms with Crippen LogP contribution in [0, 0.1) is 5.92 Å². The van der Waals surface area contributed by atoms with Crippen LogP contribution in [0.25, 0.3) is 16.5 Å². The summed E-state index contributed by atoms with van der Waals surface area (Å²) >= 11 is 8.14. The van der Waals surface area contributed by atoms with Gasteiger partial charge in [-0.25, -0.2) is 0 Å². The maximum absolute atomic E-state index is 6.41. The molecular weight excluding hydrogens is 376 g/mol. The van der Waals surface area contributed by atoms with Crippen molar-refractivity contribution in [1.82, 2.24) is 20.2 Å². The topological polar surface area (TPSA) is 43.6 Å². The lowest BCUT2D eigenvalue weighted by Gasteiger charge is -2.08. The third kappa shape index (κ3) is 2.91. The average molecular weight is 393 g/mol. The van der Waals surface area contributed by atoms with Gasteiger partial charge in [0.2, 0.25) is 5.16 Å². The van der Waals surface area contributed by atoms with Crippen LogP contribution in [0.5, 0.6) is 0 Å². The zero-order valence-electron chi connectivity index (χ0n) is 14.7. The molecule has 0 amide bonds. The number of rotatable bonds is 4. The van der Waals surface area contributed by atoms with Crippen molar-refractivity contribution >= 4 is 34.1 Å². The standard InChI is InChI=1S/C21H17ClN4S/c1-13-19(16-10-4-5-11-17(16)22)20(13)27-21-23-24-25-26(21)18-12-6-8-14-7-2-3-9-15(14)18/h2-13,19-20H,1H3. The molecule has 1 heterocycles. The quantitative estimate of drug-likeness (QED) is 0.468. The molecular formula is C21H17ClN4S. The zero-order valence-corrected chi connectivity index (χ0v) is 16.2. The molecule has 3 atom stereocenters. The van der Waals surface area contributed by atoms with Crippen LogP contribution in [-0.4, -0.2) is 25.5 Å². The minimum atomic E-state index is 0.421. The molecule has 1 aliphatic rings. The lowest BCUT2D eigenvalue weighted by molar-refractivity contribution is 0.761. The van der Waals surface area contributed by atoms with Gasteiger partial charge in [0.25, 0.3) is 0 Å². The highest BCUT2D eigenvalue weighted by Crippen LogP contribution is 2.57. The first-order valence-electron chi connectivity index (χ1n) is 8.91. The average Bonchev–Trinajstić information content (AvgIpc) is 3.10. The third-order valence-corrected chi connectivity index (χ3v) is 7.04. The molecule has 0 spiro atoms. The number of tetrazole rings is 1. The summed E-state index contributed by atoms with van der Waals surface area (Å²) in [7, 11) is 0. The van der Waals surface area contributed by atoms with Gasteiger partial charge in [0, 0.05) is 21.6 Å². The van der Waals surface area contributed by atoms with E-state index in [1.165, 1.54) is 10.9 Å². The molecule has 0 saturated heterocycles. The van der Waals surface area contributed by atoms with Crippen molar-refractivity contribution in [3.63, 3.8) is 0 Å². The highest BCUT2D eigenvalue weighted by atomic mass is 35.5. The van der Waals surface area contributed by atoms with Crippen molar-refractivity contribution in [2.75, 3.05) is 0 Å². The fraction of sp³-hybridized carbons (Fsp3) is 0.190. The number of nitrogens with zero attached hydrogens (tertiary/aromatic N) is 4. The van der Waals surface area contributed by atoms with Gasteiger partial charge in [-0.05, 0) is 39.4 Å². The lowest BCUT2D eigenvalue weighted by atomic mass is 10.1. The third-order valence-electron chi connectivity index (χ3n) is 5.24. The summed E-state index contributed by atoms with van der Waals surface area (Å²) in [6.07, 6.45) is 0. The van der Waals surface area contributed by atoms with Gasteiger partial charge in [-0.1, -0.05) is 84.9 Å². The summed E-state index contributed by atoms with van der Waals surface area (Å²) in [4.78, 5) is 0. The van der Waals surface area contributed by atoms with Gasteiger partial charge in [-0.3, -0.25) is 0 Å². The Kier molecular flexibility index (Phi) is 4.14. The van der Waals surface area contributed by atoms with Crippen molar-refractivity contribution in [3.8, 4) is 5.69 Å².